The Hall–Kier alpha value is -1.36. The number of hydrogen-bond donors (Lipinski definition) is 2. The second-order valence-corrected chi connectivity index (χ2v) is 6.13. The largest absolute Gasteiger partial charge is 0.473 e. The fourth-order valence-corrected chi connectivity index (χ4v) is 2.69. The third-order valence-corrected chi connectivity index (χ3v) is 4.39. The van der Waals surface area contributed by atoms with Crippen LogP contribution in [-0.2, 0) is 0 Å². The Morgan fingerprint density at radius 2 is 2.05 bits per heavy atom. The van der Waals surface area contributed by atoms with Crippen molar-refractivity contribution in [3.05, 3.63) is 12.4 Å². The zero-order valence-corrected chi connectivity index (χ0v) is 11.8. The van der Waals surface area contributed by atoms with Gasteiger partial charge in [-0.25, -0.2) is 0 Å². The van der Waals surface area contributed by atoms with Crippen molar-refractivity contribution >= 4 is 5.82 Å². The van der Waals surface area contributed by atoms with Gasteiger partial charge in [-0.05, 0) is 38.5 Å². The molecular formula is C15H23N3O2. The first-order valence-electron chi connectivity index (χ1n) is 7.63. The van der Waals surface area contributed by atoms with E-state index in [0.29, 0.717) is 12.0 Å². The van der Waals surface area contributed by atoms with Gasteiger partial charge in [-0.1, -0.05) is 6.42 Å². The van der Waals surface area contributed by atoms with Crippen molar-refractivity contribution in [1.82, 2.24) is 9.97 Å². The Morgan fingerprint density at radius 1 is 1.25 bits per heavy atom. The Morgan fingerprint density at radius 3 is 2.75 bits per heavy atom. The average molecular weight is 277 g/mol. The first kappa shape index (κ1) is 13.6. The fourth-order valence-electron chi connectivity index (χ4n) is 2.69. The van der Waals surface area contributed by atoms with Crippen LogP contribution in [0.2, 0.25) is 0 Å². The molecular weight excluding hydrogens is 254 g/mol. The highest BCUT2D eigenvalue weighted by Crippen LogP contribution is 2.44. The molecule has 3 rings (SSSR count). The van der Waals surface area contributed by atoms with Gasteiger partial charge in [0, 0.05) is 12.0 Å². The highest BCUT2D eigenvalue weighted by molar-refractivity contribution is 5.34. The van der Waals surface area contributed by atoms with Crippen LogP contribution in [0.4, 0.5) is 5.82 Å². The summed E-state index contributed by atoms with van der Waals surface area (Å²) in [6.45, 7) is 0.997. The molecule has 1 aromatic rings. The maximum absolute atomic E-state index is 9.30. The minimum atomic E-state index is 0.0713. The van der Waals surface area contributed by atoms with Gasteiger partial charge >= 0.3 is 0 Å². The van der Waals surface area contributed by atoms with Crippen molar-refractivity contribution in [2.75, 3.05) is 18.5 Å². The average Bonchev–Trinajstić information content (AvgIpc) is 3.27. The van der Waals surface area contributed by atoms with Gasteiger partial charge in [0.15, 0.2) is 0 Å². The van der Waals surface area contributed by atoms with E-state index >= 15 is 0 Å². The summed E-state index contributed by atoms with van der Waals surface area (Å²) in [7, 11) is 0. The Balaban J connectivity index is 1.55. The first-order chi connectivity index (χ1) is 9.80. The summed E-state index contributed by atoms with van der Waals surface area (Å²) in [5, 5.41) is 12.6. The number of aliphatic hydroxyl groups excluding tert-OH is 1. The second kappa shape index (κ2) is 5.95. The number of nitrogens with one attached hydrogen (secondary N) is 1. The molecule has 110 valence electrons. The molecule has 2 aliphatic carbocycles. The predicted molar refractivity (Wildman–Crippen MR) is 76.8 cm³/mol. The van der Waals surface area contributed by atoms with E-state index in [0.717, 1.165) is 38.0 Å². The summed E-state index contributed by atoms with van der Waals surface area (Å²) < 4.78 is 5.91. The van der Waals surface area contributed by atoms with E-state index in [-0.39, 0.29) is 12.0 Å². The monoisotopic (exact) mass is 277 g/mol. The Labute approximate surface area is 119 Å². The lowest BCUT2D eigenvalue weighted by molar-refractivity contribution is 0.148. The molecule has 2 N–H and O–H groups in total. The molecule has 2 aliphatic rings. The normalized spacial score (nSPS) is 21.4. The number of anilines is 1. The topological polar surface area (TPSA) is 67.3 Å². The lowest BCUT2D eigenvalue weighted by Gasteiger charge is -2.22. The molecule has 1 aromatic heterocycles. The zero-order valence-electron chi connectivity index (χ0n) is 11.8. The highest BCUT2D eigenvalue weighted by Gasteiger charge is 2.41. The van der Waals surface area contributed by atoms with Crippen molar-refractivity contribution < 1.29 is 9.84 Å². The zero-order chi connectivity index (χ0) is 13.8. The van der Waals surface area contributed by atoms with Gasteiger partial charge < -0.3 is 15.2 Å². The molecule has 0 spiro atoms. The molecule has 0 atom stereocenters. The fraction of sp³-hybridized carbons (Fsp3) is 0.733. The SMILES string of the molecule is OCC1(CNc2cncc(OC3CCCCC3)n2)CC1. The molecule has 0 bridgehead atoms. The molecule has 1 heterocycles. The van der Waals surface area contributed by atoms with Gasteiger partial charge in [-0.3, -0.25) is 4.98 Å². The minimum Gasteiger partial charge on any atom is -0.473 e. The summed E-state index contributed by atoms with van der Waals surface area (Å²) >= 11 is 0. The summed E-state index contributed by atoms with van der Waals surface area (Å²) in [4.78, 5) is 8.64. The number of hydrogen-bond acceptors (Lipinski definition) is 5. The molecule has 0 aliphatic heterocycles. The van der Waals surface area contributed by atoms with E-state index in [9.17, 15) is 5.11 Å². The smallest absolute Gasteiger partial charge is 0.234 e. The van der Waals surface area contributed by atoms with E-state index in [4.69, 9.17) is 4.74 Å². The summed E-state index contributed by atoms with van der Waals surface area (Å²) in [5.74, 6) is 1.34. The van der Waals surface area contributed by atoms with Gasteiger partial charge in [0.2, 0.25) is 5.88 Å². The third kappa shape index (κ3) is 3.39. The van der Waals surface area contributed by atoms with Crippen LogP contribution in [0, 0.1) is 5.41 Å². The lowest BCUT2D eigenvalue weighted by Crippen LogP contribution is -2.21. The molecule has 0 amide bonds. The molecule has 5 nitrogen and oxygen atoms in total. The quantitative estimate of drug-likeness (QED) is 0.835. The van der Waals surface area contributed by atoms with E-state index < -0.39 is 0 Å². The molecule has 0 saturated heterocycles. The molecule has 5 heteroatoms. The predicted octanol–water partition coefficient (Wildman–Crippen LogP) is 2.37. The number of rotatable bonds is 6. The van der Waals surface area contributed by atoms with Crippen LogP contribution in [0.15, 0.2) is 12.4 Å². The van der Waals surface area contributed by atoms with E-state index in [1.807, 2.05) is 0 Å². The van der Waals surface area contributed by atoms with Crippen molar-refractivity contribution in [1.29, 1.82) is 0 Å². The Bertz CT molecular complexity index is 442. The van der Waals surface area contributed by atoms with Crippen molar-refractivity contribution in [3.63, 3.8) is 0 Å². The van der Waals surface area contributed by atoms with Crippen LogP contribution in [0.1, 0.15) is 44.9 Å². The third-order valence-electron chi connectivity index (χ3n) is 4.39. The van der Waals surface area contributed by atoms with Crippen LogP contribution >= 0.6 is 0 Å². The first-order valence-corrected chi connectivity index (χ1v) is 7.63. The maximum Gasteiger partial charge on any atom is 0.234 e. The van der Waals surface area contributed by atoms with Crippen LogP contribution in [-0.4, -0.2) is 34.3 Å². The summed E-state index contributed by atoms with van der Waals surface area (Å²) in [5.41, 5.74) is 0.0713. The maximum atomic E-state index is 9.30. The molecule has 0 radical (unpaired) electrons. The van der Waals surface area contributed by atoms with Crippen LogP contribution < -0.4 is 10.1 Å². The number of ether oxygens (including phenoxy) is 1. The Kier molecular flexibility index (Phi) is 4.05. The van der Waals surface area contributed by atoms with Crippen molar-refractivity contribution in [2.24, 2.45) is 5.41 Å². The number of aliphatic hydroxyl groups is 1. The molecule has 20 heavy (non-hydrogen) atoms. The molecule has 0 unspecified atom stereocenters. The lowest BCUT2D eigenvalue weighted by atomic mass is 9.98. The van der Waals surface area contributed by atoms with Gasteiger partial charge in [0.25, 0.3) is 0 Å². The summed E-state index contributed by atoms with van der Waals surface area (Å²) in [6.07, 6.45) is 11.9. The van der Waals surface area contributed by atoms with Crippen molar-refractivity contribution in [2.45, 2.75) is 51.0 Å². The van der Waals surface area contributed by atoms with Crippen molar-refractivity contribution in [3.8, 4) is 5.88 Å². The minimum absolute atomic E-state index is 0.0713. The van der Waals surface area contributed by atoms with Gasteiger partial charge in [-0.2, -0.15) is 4.98 Å². The van der Waals surface area contributed by atoms with Crippen LogP contribution in [0.25, 0.3) is 0 Å². The number of nitrogens with zero attached hydrogens (tertiary/aromatic N) is 2. The second-order valence-electron chi connectivity index (χ2n) is 6.13. The molecule has 2 fully saturated rings. The van der Waals surface area contributed by atoms with Gasteiger partial charge in [0.05, 0.1) is 19.0 Å². The molecule has 0 aromatic carbocycles. The van der Waals surface area contributed by atoms with E-state index in [1.54, 1.807) is 12.4 Å². The van der Waals surface area contributed by atoms with E-state index in [1.165, 1.54) is 19.3 Å². The van der Waals surface area contributed by atoms with Crippen LogP contribution in [0.5, 0.6) is 5.88 Å². The van der Waals surface area contributed by atoms with Gasteiger partial charge in [0.1, 0.15) is 11.9 Å². The van der Waals surface area contributed by atoms with Gasteiger partial charge in [-0.15, -0.1) is 0 Å². The molecule has 2 saturated carbocycles. The van der Waals surface area contributed by atoms with E-state index in [2.05, 4.69) is 15.3 Å². The highest BCUT2D eigenvalue weighted by atomic mass is 16.5. The number of aromatic nitrogens is 2. The summed E-state index contributed by atoms with van der Waals surface area (Å²) in [6, 6.07) is 0. The van der Waals surface area contributed by atoms with Crippen LogP contribution in [0.3, 0.4) is 0 Å². The standard InChI is InChI=1S/C15H23N3O2/c19-11-15(6-7-15)10-17-13-8-16-9-14(18-13)20-12-4-2-1-3-5-12/h8-9,12,19H,1-7,10-11H2,(H,17,18).